The summed E-state index contributed by atoms with van der Waals surface area (Å²) in [7, 11) is 0. The minimum absolute atomic E-state index is 1.14. The minimum atomic E-state index is 1.14. The van der Waals surface area contributed by atoms with Crippen LogP contribution >= 0.6 is 22.6 Å². The van der Waals surface area contributed by atoms with E-state index in [9.17, 15) is 0 Å². The van der Waals surface area contributed by atoms with E-state index >= 15 is 0 Å². The molecule has 0 aromatic rings. The number of hydrogen-bond donors (Lipinski definition) is 1. The average molecular weight is 351 g/mol. The lowest BCUT2D eigenvalue weighted by Gasteiger charge is -2.03. The van der Waals surface area contributed by atoms with Crippen molar-refractivity contribution in [1.29, 1.82) is 0 Å². The van der Waals surface area contributed by atoms with Crippen LogP contribution < -0.4 is 5.32 Å². The van der Waals surface area contributed by atoms with Crippen LogP contribution in [0.2, 0.25) is 0 Å². The van der Waals surface area contributed by atoms with Crippen LogP contribution in [0.3, 0.4) is 0 Å². The van der Waals surface area contributed by atoms with E-state index in [2.05, 4.69) is 48.0 Å². The molecule has 0 bridgehead atoms. The van der Waals surface area contributed by atoms with E-state index in [4.69, 9.17) is 0 Å². The Morgan fingerprint density at radius 1 is 0.882 bits per heavy atom. The van der Waals surface area contributed by atoms with Crippen molar-refractivity contribution in [3.63, 3.8) is 0 Å². The van der Waals surface area contributed by atoms with Gasteiger partial charge in [-0.15, -0.1) is 0 Å². The predicted octanol–water partition coefficient (Wildman–Crippen LogP) is 5.79. The molecule has 0 saturated heterocycles. The summed E-state index contributed by atoms with van der Waals surface area (Å²) in [6.45, 7) is 5.65. The van der Waals surface area contributed by atoms with Gasteiger partial charge in [0.15, 0.2) is 0 Å². The van der Waals surface area contributed by atoms with E-state index in [0.717, 1.165) is 6.54 Å². The van der Waals surface area contributed by atoms with Crippen molar-refractivity contribution in [1.82, 2.24) is 5.32 Å². The van der Waals surface area contributed by atoms with Gasteiger partial charge in [0, 0.05) is 16.3 Å². The molecule has 0 aliphatic rings. The molecule has 0 saturated carbocycles. The number of allylic oxidation sites excluding steroid dienone is 1. The maximum atomic E-state index is 3.41. The average Bonchev–Trinajstić information content (AvgIpc) is 2.32. The van der Waals surface area contributed by atoms with E-state index in [1.807, 2.05) is 0 Å². The number of hydrogen-bond acceptors (Lipinski definition) is 1. The summed E-state index contributed by atoms with van der Waals surface area (Å²) in [6.07, 6.45) is 15.9. The van der Waals surface area contributed by atoms with Crippen LogP contribution in [0.25, 0.3) is 0 Å². The molecule has 0 aliphatic carbocycles. The smallest absolute Gasteiger partial charge is 0.0141 e. The fourth-order valence-corrected chi connectivity index (χ4v) is 2.61. The quantitative estimate of drug-likeness (QED) is 0.346. The van der Waals surface area contributed by atoms with Gasteiger partial charge in [0.2, 0.25) is 0 Å². The number of nitrogens with one attached hydrogen (secondary N) is 1. The third kappa shape index (κ3) is 14.2. The molecule has 2 heteroatoms. The third-order valence-electron chi connectivity index (χ3n) is 2.92. The minimum Gasteiger partial charge on any atom is -0.390 e. The first kappa shape index (κ1) is 17.3. The molecule has 0 rings (SSSR count). The topological polar surface area (TPSA) is 12.0 Å². The van der Waals surface area contributed by atoms with E-state index < -0.39 is 0 Å². The first-order valence-corrected chi connectivity index (χ1v) is 8.47. The second kappa shape index (κ2) is 14.3. The summed E-state index contributed by atoms with van der Waals surface area (Å²) in [5, 5.41) is 3.41. The van der Waals surface area contributed by atoms with Crippen molar-refractivity contribution in [3.05, 3.63) is 9.78 Å². The molecule has 0 radical (unpaired) electrons. The maximum absolute atomic E-state index is 3.41. The number of unbranched alkanes of at least 4 members (excludes halogenated alkanes) is 7. The molecule has 0 aromatic heterocycles. The van der Waals surface area contributed by atoms with Crippen molar-refractivity contribution < 1.29 is 0 Å². The van der Waals surface area contributed by atoms with Gasteiger partial charge < -0.3 is 5.32 Å². The summed E-state index contributed by atoms with van der Waals surface area (Å²) in [5.74, 6) is 0. The summed E-state index contributed by atoms with van der Waals surface area (Å²) < 4.78 is 1.45. The molecule has 0 heterocycles. The van der Waals surface area contributed by atoms with Crippen molar-refractivity contribution in [3.8, 4) is 0 Å². The van der Waals surface area contributed by atoms with Crippen molar-refractivity contribution in [2.45, 2.75) is 78.1 Å². The van der Waals surface area contributed by atoms with E-state index in [1.165, 1.54) is 67.8 Å². The molecule has 1 nitrogen and oxygen atoms in total. The summed E-state index contributed by atoms with van der Waals surface area (Å²) in [4.78, 5) is 0. The van der Waals surface area contributed by atoms with E-state index in [-0.39, 0.29) is 0 Å². The number of rotatable bonds is 12. The molecule has 0 unspecified atom stereocenters. The van der Waals surface area contributed by atoms with Crippen LogP contribution in [0.1, 0.15) is 78.1 Å². The van der Waals surface area contributed by atoms with Gasteiger partial charge in [0.1, 0.15) is 0 Å². The zero-order valence-corrected chi connectivity index (χ0v) is 13.9. The highest BCUT2D eigenvalue weighted by Gasteiger charge is 1.91. The molecule has 17 heavy (non-hydrogen) atoms. The zero-order chi connectivity index (χ0) is 12.8. The molecular weight excluding hydrogens is 321 g/mol. The lowest BCUT2D eigenvalue weighted by Crippen LogP contribution is -2.07. The Morgan fingerprint density at radius 2 is 1.47 bits per heavy atom. The first-order valence-electron chi connectivity index (χ1n) is 7.39. The maximum Gasteiger partial charge on any atom is 0.0141 e. The van der Waals surface area contributed by atoms with Gasteiger partial charge in [-0.3, -0.25) is 0 Å². The Kier molecular flexibility index (Phi) is 14.6. The van der Waals surface area contributed by atoms with Gasteiger partial charge in [-0.2, -0.15) is 0 Å². The molecule has 0 fully saturated rings. The standard InChI is InChI=1S/C15H30IN/c1-3-5-6-7-8-9-10-11-13-17-14-15(16)12-4-2/h14,17H,3-13H2,1-2H3/b15-14+. The van der Waals surface area contributed by atoms with E-state index in [0.29, 0.717) is 0 Å². The highest BCUT2D eigenvalue weighted by molar-refractivity contribution is 14.1. The molecule has 0 aliphatic heterocycles. The van der Waals surface area contributed by atoms with Gasteiger partial charge in [0.25, 0.3) is 0 Å². The SMILES string of the molecule is CCCCCCCCCCN/C=C(/I)CCC. The lowest BCUT2D eigenvalue weighted by atomic mass is 10.1. The van der Waals surface area contributed by atoms with Crippen molar-refractivity contribution in [2.24, 2.45) is 0 Å². The van der Waals surface area contributed by atoms with Crippen LogP contribution in [0, 0.1) is 0 Å². The highest BCUT2D eigenvalue weighted by Crippen LogP contribution is 2.11. The molecule has 1 N–H and O–H groups in total. The fourth-order valence-electron chi connectivity index (χ4n) is 1.85. The molecule has 0 aromatic carbocycles. The zero-order valence-electron chi connectivity index (χ0n) is 11.7. The fraction of sp³-hybridized carbons (Fsp3) is 0.867. The second-order valence-corrected chi connectivity index (χ2v) is 6.16. The summed E-state index contributed by atoms with van der Waals surface area (Å²) >= 11 is 2.43. The lowest BCUT2D eigenvalue weighted by molar-refractivity contribution is 0.570. The highest BCUT2D eigenvalue weighted by atomic mass is 127. The second-order valence-electron chi connectivity index (χ2n) is 4.77. The Balaban J connectivity index is 3.10. The third-order valence-corrected chi connectivity index (χ3v) is 3.77. The Labute approximate surface area is 122 Å². The van der Waals surface area contributed by atoms with Crippen LogP contribution in [0.4, 0.5) is 0 Å². The molecule has 0 amide bonds. The van der Waals surface area contributed by atoms with Crippen molar-refractivity contribution >= 4 is 22.6 Å². The predicted molar refractivity (Wildman–Crippen MR) is 87.6 cm³/mol. The molecule has 0 atom stereocenters. The summed E-state index contributed by atoms with van der Waals surface area (Å²) in [6, 6.07) is 0. The Bertz CT molecular complexity index is 178. The monoisotopic (exact) mass is 351 g/mol. The van der Waals surface area contributed by atoms with Gasteiger partial charge >= 0.3 is 0 Å². The Hall–Kier alpha value is 0.270. The van der Waals surface area contributed by atoms with Crippen LogP contribution in [0.15, 0.2) is 9.78 Å². The van der Waals surface area contributed by atoms with Gasteiger partial charge in [-0.05, 0) is 35.4 Å². The van der Waals surface area contributed by atoms with Crippen LogP contribution in [-0.2, 0) is 0 Å². The normalized spacial score (nSPS) is 11.8. The number of halogens is 1. The van der Waals surface area contributed by atoms with Gasteiger partial charge in [-0.25, -0.2) is 0 Å². The van der Waals surface area contributed by atoms with Crippen LogP contribution in [0.5, 0.6) is 0 Å². The van der Waals surface area contributed by atoms with Gasteiger partial charge in [-0.1, -0.05) is 65.2 Å². The largest absolute Gasteiger partial charge is 0.390 e. The Morgan fingerprint density at radius 3 is 2.06 bits per heavy atom. The summed E-state index contributed by atoms with van der Waals surface area (Å²) in [5.41, 5.74) is 0. The van der Waals surface area contributed by atoms with Crippen molar-refractivity contribution in [2.75, 3.05) is 6.54 Å². The molecule has 0 spiro atoms. The first-order chi connectivity index (χ1) is 8.31. The van der Waals surface area contributed by atoms with Crippen LogP contribution in [-0.4, -0.2) is 6.54 Å². The van der Waals surface area contributed by atoms with Gasteiger partial charge in [0.05, 0.1) is 0 Å². The van der Waals surface area contributed by atoms with E-state index in [1.54, 1.807) is 0 Å². The molecule has 102 valence electrons. The molecular formula is C15H30IN.